The van der Waals surface area contributed by atoms with Crippen LogP contribution in [-0.4, -0.2) is 5.78 Å². The molecule has 2 aliphatic rings. The second-order valence-corrected chi connectivity index (χ2v) is 12.4. The SMILES string of the molecule is Cc1cc(COc2ccc(F)cc2)c(C)c(C2C(C#N)=C(N)N(c3cc(C(F)(F)F)ccc3Cl)C3=C2C(=O)CC(C)(C)C3)c1. The van der Waals surface area contributed by atoms with E-state index in [0.717, 1.165) is 34.9 Å². The average molecular weight is 624 g/mol. The van der Waals surface area contributed by atoms with E-state index in [1.165, 1.54) is 29.2 Å². The summed E-state index contributed by atoms with van der Waals surface area (Å²) in [6.45, 7) is 7.67. The summed E-state index contributed by atoms with van der Waals surface area (Å²) in [5.41, 5.74) is 8.96. The molecule has 0 bridgehead atoms. The Morgan fingerprint density at radius 2 is 1.77 bits per heavy atom. The van der Waals surface area contributed by atoms with Gasteiger partial charge in [-0.2, -0.15) is 18.4 Å². The first-order chi connectivity index (χ1) is 20.6. The van der Waals surface area contributed by atoms with Crippen molar-refractivity contribution in [3.63, 3.8) is 0 Å². The number of alkyl halides is 3. The fraction of sp³-hybridized carbons (Fsp3) is 0.294. The van der Waals surface area contributed by atoms with E-state index in [2.05, 4.69) is 6.07 Å². The molecule has 228 valence electrons. The number of ketones is 1. The molecule has 1 unspecified atom stereocenters. The van der Waals surface area contributed by atoms with Crippen molar-refractivity contribution in [1.82, 2.24) is 0 Å². The van der Waals surface area contributed by atoms with Gasteiger partial charge in [0.2, 0.25) is 0 Å². The Morgan fingerprint density at radius 3 is 2.41 bits per heavy atom. The molecule has 0 amide bonds. The number of halogens is 5. The van der Waals surface area contributed by atoms with Crippen LogP contribution in [0.4, 0.5) is 23.2 Å². The van der Waals surface area contributed by atoms with E-state index < -0.39 is 23.1 Å². The number of allylic oxidation sites excluding steroid dienone is 3. The number of aryl methyl sites for hydroxylation is 1. The minimum Gasteiger partial charge on any atom is -0.489 e. The van der Waals surface area contributed by atoms with E-state index >= 15 is 0 Å². The maximum Gasteiger partial charge on any atom is 0.416 e. The summed E-state index contributed by atoms with van der Waals surface area (Å²) in [7, 11) is 0. The van der Waals surface area contributed by atoms with Crippen molar-refractivity contribution in [2.45, 2.75) is 59.2 Å². The van der Waals surface area contributed by atoms with Crippen LogP contribution >= 0.6 is 11.6 Å². The molecule has 5 nitrogen and oxygen atoms in total. The molecule has 1 heterocycles. The summed E-state index contributed by atoms with van der Waals surface area (Å²) in [5, 5.41) is 10.5. The van der Waals surface area contributed by atoms with E-state index in [9.17, 15) is 27.6 Å². The number of rotatable bonds is 5. The molecule has 0 radical (unpaired) electrons. The lowest BCUT2D eigenvalue weighted by atomic mass is 9.68. The Morgan fingerprint density at radius 1 is 1.09 bits per heavy atom. The first-order valence-electron chi connectivity index (χ1n) is 13.9. The number of nitrogens with two attached hydrogens (primary N) is 1. The smallest absolute Gasteiger partial charge is 0.416 e. The highest BCUT2D eigenvalue weighted by Gasteiger charge is 2.46. The molecule has 1 aliphatic heterocycles. The molecule has 3 aromatic rings. The number of benzene rings is 3. The first kappa shape index (κ1) is 31.1. The van der Waals surface area contributed by atoms with Crippen LogP contribution in [0, 0.1) is 36.4 Å². The number of Topliss-reactive ketones (excluding diaryl/α,β-unsaturated/α-hetero) is 1. The number of nitrogens with zero attached hydrogens (tertiary/aromatic N) is 2. The van der Waals surface area contributed by atoms with E-state index in [0.29, 0.717) is 29.0 Å². The molecule has 3 aromatic carbocycles. The van der Waals surface area contributed by atoms with Gasteiger partial charge >= 0.3 is 6.18 Å². The van der Waals surface area contributed by atoms with Crippen LogP contribution in [-0.2, 0) is 17.6 Å². The quantitative estimate of drug-likeness (QED) is 0.288. The third kappa shape index (κ3) is 5.79. The van der Waals surface area contributed by atoms with Gasteiger partial charge in [0.25, 0.3) is 0 Å². The second kappa shape index (κ2) is 11.3. The van der Waals surface area contributed by atoms with Gasteiger partial charge in [0.1, 0.15) is 24.0 Å². The number of nitriles is 1. The Labute approximate surface area is 258 Å². The Bertz CT molecular complexity index is 1770. The summed E-state index contributed by atoms with van der Waals surface area (Å²) in [5.74, 6) is -1.09. The molecule has 10 heteroatoms. The van der Waals surface area contributed by atoms with Crippen molar-refractivity contribution in [3.05, 3.63) is 116 Å². The molecule has 0 saturated carbocycles. The number of hydrogen-bond acceptors (Lipinski definition) is 5. The zero-order valence-corrected chi connectivity index (χ0v) is 25.3. The van der Waals surface area contributed by atoms with Crippen LogP contribution in [0.1, 0.15) is 60.4 Å². The van der Waals surface area contributed by atoms with Crippen molar-refractivity contribution in [3.8, 4) is 11.8 Å². The molecular formula is C34H30ClF4N3O2. The highest BCUT2D eigenvalue weighted by atomic mass is 35.5. The van der Waals surface area contributed by atoms with Crippen LogP contribution in [0.15, 0.2) is 77.3 Å². The maximum absolute atomic E-state index is 14.0. The van der Waals surface area contributed by atoms with Crippen LogP contribution < -0.4 is 15.4 Å². The van der Waals surface area contributed by atoms with Crippen molar-refractivity contribution >= 4 is 23.1 Å². The standard InChI is InChI=1S/C34H30ClF4N3O2/c1-18-11-20(17-44-23-8-6-22(36)7-9-23)19(2)24(12-18)30-25(16-40)32(41)42(28-14-33(3,4)15-29(43)31(28)30)27-13-21(34(37,38)39)5-10-26(27)35/h5-13,30H,14-15,17,41H2,1-4H3. The number of carbonyl (C=O) groups excluding carboxylic acids is 1. The molecule has 1 atom stereocenters. The predicted molar refractivity (Wildman–Crippen MR) is 160 cm³/mol. The molecule has 2 N–H and O–H groups in total. The van der Waals surface area contributed by atoms with Gasteiger partial charge in [0.15, 0.2) is 5.78 Å². The number of hydrogen-bond donors (Lipinski definition) is 1. The van der Waals surface area contributed by atoms with Gasteiger partial charge in [-0.25, -0.2) is 4.39 Å². The summed E-state index contributed by atoms with van der Waals surface area (Å²) in [4.78, 5) is 15.3. The summed E-state index contributed by atoms with van der Waals surface area (Å²) >= 11 is 6.48. The summed E-state index contributed by atoms with van der Waals surface area (Å²) in [6, 6.07) is 14.5. The molecular weight excluding hydrogens is 594 g/mol. The van der Waals surface area contributed by atoms with Gasteiger partial charge in [-0.1, -0.05) is 43.1 Å². The largest absolute Gasteiger partial charge is 0.489 e. The normalized spacial score (nSPS) is 18.3. The van der Waals surface area contributed by atoms with Crippen LogP contribution in [0.3, 0.4) is 0 Å². The van der Waals surface area contributed by atoms with E-state index in [-0.39, 0.29) is 46.7 Å². The van der Waals surface area contributed by atoms with E-state index in [4.69, 9.17) is 22.1 Å². The lowest BCUT2D eigenvalue weighted by molar-refractivity contribution is -0.137. The minimum atomic E-state index is -4.65. The van der Waals surface area contributed by atoms with Gasteiger partial charge in [-0.15, -0.1) is 0 Å². The van der Waals surface area contributed by atoms with Gasteiger partial charge in [-0.05, 0) is 84.8 Å². The predicted octanol–water partition coefficient (Wildman–Crippen LogP) is 8.63. The number of carbonyl (C=O) groups is 1. The van der Waals surface area contributed by atoms with E-state index in [1.807, 2.05) is 39.8 Å². The Kier molecular flexibility index (Phi) is 8.02. The average Bonchev–Trinajstić information content (AvgIpc) is 2.93. The maximum atomic E-state index is 14.0. The lowest BCUT2D eigenvalue weighted by Gasteiger charge is -2.44. The van der Waals surface area contributed by atoms with Crippen molar-refractivity contribution in [2.24, 2.45) is 11.1 Å². The molecule has 0 saturated heterocycles. The fourth-order valence-electron chi connectivity index (χ4n) is 6.06. The van der Waals surface area contributed by atoms with Crippen LogP contribution in [0.2, 0.25) is 5.02 Å². The lowest BCUT2D eigenvalue weighted by Crippen LogP contribution is -2.42. The molecule has 0 aromatic heterocycles. The summed E-state index contributed by atoms with van der Waals surface area (Å²) < 4.78 is 60.6. The molecule has 44 heavy (non-hydrogen) atoms. The van der Waals surface area contributed by atoms with E-state index in [1.54, 1.807) is 0 Å². The molecule has 5 rings (SSSR count). The highest BCUT2D eigenvalue weighted by Crippen LogP contribution is 2.52. The number of ether oxygens (including phenoxy) is 1. The zero-order valence-electron chi connectivity index (χ0n) is 24.6. The van der Waals surface area contributed by atoms with Gasteiger partial charge in [0, 0.05) is 17.7 Å². The highest BCUT2D eigenvalue weighted by molar-refractivity contribution is 6.33. The summed E-state index contributed by atoms with van der Waals surface area (Å²) in [6.07, 6.45) is -4.17. The Balaban J connectivity index is 1.70. The van der Waals surface area contributed by atoms with Crippen molar-refractivity contribution < 1.29 is 27.1 Å². The third-order valence-electron chi connectivity index (χ3n) is 8.11. The van der Waals surface area contributed by atoms with Crippen molar-refractivity contribution in [1.29, 1.82) is 5.26 Å². The topological polar surface area (TPSA) is 79.3 Å². The van der Waals surface area contributed by atoms with Crippen molar-refractivity contribution in [2.75, 3.05) is 4.90 Å². The Hall–Kier alpha value is -4.29. The van der Waals surface area contributed by atoms with Crippen LogP contribution in [0.25, 0.3) is 0 Å². The van der Waals surface area contributed by atoms with Gasteiger partial charge in [0.05, 0.1) is 33.8 Å². The monoisotopic (exact) mass is 623 g/mol. The van der Waals surface area contributed by atoms with Gasteiger partial charge in [-0.3, -0.25) is 9.69 Å². The number of anilines is 1. The van der Waals surface area contributed by atoms with Gasteiger partial charge < -0.3 is 10.5 Å². The fourth-order valence-corrected chi connectivity index (χ4v) is 6.26. The molecule has 1 aliphatic carbocycles. The zero-order chi connectivity index (χ0) is 32.1. The molecule has 0 fully saturated rings. The second-order valence-electron chi connectivity index (χ2n) is 12.0. The molecule has 0 spiro atoms. The van der Waals surface area contributed by atoms with Crippen LogP contribution in [0.5, 0.6) is 5.75 Å². The minimum absolute atomic E-state index is 0.00803. The third-order valence-corrected chi connectivity index (χ3v) is 8.43. The first-order valence-corrected chi connectivity index (χ1v) is 14.3.